The van der Waals surface area contributed by atoms with Gasteiger partial charge in [0.05, 0.1) is 4.47 Å². The van der Waals surface area contributed by atoms with Gasteiger partial charge in [-0.15, -0.1) is 0 Å². The van der Waals surface area contributed by atoms with E-state index in [2.05, 4.69) is 62.0 Å². The summed E-state index contributed by atoms with van der Waals surface area (Å²) in [7, 11) is 4.27. The van der Waals surface area contributed by atoms with Crippen LogP contribution in [0, 0.1) is 0 Å². The highest BCUT2D eigenvalue weighted by Crippen LogP contribution is 2.28. The Kier molecular flexibility index (Phi) is 4.99. The summed E-state index contributed by atoms with van der Waals surface area (Å²) in [5.74, 6) is 1.71. The normalized spacial score (nSPS) is 19.2. The van der Waals surface area contributed by atoms with Gasteiger partial charge in [0.15, 0.2) is 0 Å². The van der Waals surface area contributed by atoms with Gasteiger partial charge in [0, 0.05) is 31.9 Å². The van der Waals surface area contributed by atoms with Crippen molar-refractivity contribution < 1.29 is 0 Å². The van der Waals surface area contributed by atoms with Crippen LogP contribution in [-0.4, -0.2) is 54.6 Å². The monoisotopic (exact) mass is 327 g/mol. The number of nitrogens with zero attached hydrogens (tertiary/aromatic N) is 4. The summed E-state index contributed by atoms with van der Waals surface area (Å²) in [5, 5.41) is 3.24. The summed E-state index contributed by atoms with van der Waals surface area (Å²) in [6.07, 6.45) is 4.09. The standard InChI is InChI=1S/C13H22BrN5/c1-4-6-15-13-16-8-11(14)12(17-13)19-7-5-10(9-19)18(2)3/h8,10H,4-7,9H2,1-3H3,(H,15,16,17). The van der Waals surface area contributed by atoms with Crippen molar-refractivity contribution in [3.8, 4) is 0 Å². The fourth-order valence-corrected chi connectivity index (χ4v) is 2.70. The van der Waals surface area contributed by atoms with E-state index in [0.29, 0.717) is 12.0 Å². The Morgan fingerprint density at radius 1 is 1.53 bits per heavy atom. The zero-order chi connectivity index (χ0) is 13.8. The van der Waals surface area contributed by atoms with Crippen LogP contribution in [0.15, 0.2) is 10.7 Å². The molecule has 1 aromatic rings. The van der Waals surface area contributed by atoms with E-state index in [-0.39, 0.29) is 0 Å². The van der Waals surface area contributed by atoms with Crippen molar-refractivity contribution in [2.45, 2.75) is 25.8 Å². The van der Waals surface area contributed by atoms with Gasteiger partial charge in [0.1, 0.15) is 5.82 Å². The predicted octanol–water partition coefficient (Wildman–Crippen LogP) is 2.20. The Morgan fingerprint density at radius 2 is 2.32 bits per heavy atom. The highest BCUT2D eigenvalue weighted by atomic mass is 79.9. The molecule has 6 heteroatoms. The molecule has 19 heavy (non-hydrogen) atoms. The van der Waals surface area contributed by atoms with Crippen LogP contribution in [0.5, 0.6) is 0 Å². The Hall–Kier alpha value is -0.880. The fourth-order valence-electron chi connectivity index (χ4n) is 2.26. The van der Waals surface area contributed by atoms with Crippen LogP contribution in [0.3, 0.4) is 0 Å². The van der Waals surface area contributed by atoms with Gasteiger partial charge >= 0.3 is 0 Å². The van der Waals surface area contributed by atoms with Gasteiger partial charge in [0.2, 0.25) is 5.95 Å². The average molecular weight is 328 g/mol. The van der Waals surface area contributed by atoms with E-state index in [1.54, 1.807) is 0 Å². The number of hydrogen-bond donors (Lipinski definition) is 1. The van der Waals surface area contributed by atoms with Crippen molar-refractivity contribution in [1.29, 1.82) is 0 Å². The lowest BCUT2D eigenvalue weighted by Gasteiger charge is -2.22. The summed E-state index contributed by atoms with van der Waals surface area (Å²) in [4.78, 5) is 13.5. The molecule has 0 amide bonds. The largest absolute Gasteiger partial charge is 0.354 e. The Morgan fingerprint density at radius 3 is 2.95 bits per heavy atom. The van der Waals surface area contributed by atoms with Crippen molar-refractivity contribution in [3.63, 3.8) is 0 Å². The van der Waals surface area contributed by atoms with Crippen molar-refractivity contribution in [2.24, 2.45) is 0 Å². The van der Waals surface area contributed by atoms with Gasteiger partial charge < -0.3 is 15.1 Å². The molecular weight excluding hydrogens is 306 g/mol. The van der Waals surface area contributed by atoms with E-state index in [1.807, 2.05) is 6.20 Å². The highest BCUT2D eigenvalue weighted by molar-refractivity contribution is 9.10. The minimum atomic E-state index is 0.605. The van der Waals surface area contributed by atoms with E-state index < -0.39 is 0 Å². The third kappa shape index (κ3) is 3.57. The van der Waals surface area contributed by atoms with Crippen LogP contribution in [0.2, 0.25) is 0 Å². The maximum Gasteiger partial charge on any atom is 0.224 e. The van der Waals surface area contributed by atoms with Crippen LogP contribution in [0.25, 0.3) is 0 Å². The molecule has 1 aliphatic rings. The molecule has 1 unspecified atom stereocenters. The first kappa shape index (κ1) is 14.5. The van der Waals surface area contributed by atoms with E-state index in [1.165, 1.54) is 6.42 Å². The number of likely N-dealkylation sites (N-methyl/N-ethyl adjacent to an activating group) is 1. The van der Waals surface area contributed by atoms with Crippen molar-refractivity contribution >= 4 is 27.7 Å². The predicted molar refractivity (Wildman–Crippen MR) is 82.8 cm³/mol. The first-order valence-electron chi connectivity index (χ1n) is 6.79. The molecule has 5 nitrogen and oxygen atoms in total. The average Bonchev–Trinajstić information content (AvgIpc) is 2.87. The molecule has 1 aromatic heterocycles. The molecule has 0 aromatic carbocycles. The molecule has 1 fully saturated rings. The summed E-state index contributed by atoms with van der Waals surface area (Å²) in [5.41, 5.74) is 0. The van der Waals surface area contributed by atoms with Gasteiger partial charge in [-0.3, -0.25) is 0 Å². The Bertz CT molecular complexity index is 423. The molecule has 1 N–H and O–H groups in total. The van der Waals surface area contributed by atoms with Gasteiger partial charge in [0.25, 0.3) is 0 Å². The molecule has 2 heterocycles. The van der Waals surface area contributed by atoms with Crippen molar-refractivity contribution in [2.75, 3.05) is 43.9 Å². The second-order valence-corrected chi connectivity index (χ2v) is 6.00. The lowest BCUT2D eigenvalue weighted by atomic mass is 10.2. The molecule has 1 saturated heterocycles. The second-order valence-electron chi connectivity index (χ2n) is 5.14. The van der Waals surface area contributed by atoms with Crippen molar-refractivity contribution in [3.05, 3.63) is 10.7 Å². The smallest absolute Gasteiger partial charge is 0.224 e. The molecule has 0 spiro atoms. The first-order valence-corrected chi connectivity index (χ1v) is 7.59. The lowest BCUT2D eigenvalue weighted by molar-refractivity contribution is 0.315. The topological polar surface area (TPSA) is 44.3 Å². The van der Waals surface area contributed by atoms with Crippen LogP contribution in [0.1, 0.15) is 19.8 Å². The molecular formula is C13H22BrN5. The van der Waals surface area contributed by atoms with Crippen molar-refractivity contribution in [1.82, 2.24) is 14.9 Å². The maximum atomic E-state index is 4.62. The third-order valence-corrected chi connectivity index (χ3v) is 4.01. The van der Waals surface area contributed by atoms with Gasteiger partial charge in [-0.05, 0) is 42.9 Å². The molecule has 0 aliphatic carbocycles. The summed E-state index contributed by atoms with van der Waals surface area (Å²) in [6, 6.07) is 0.605. The minimum absolute atomic E-state index is 0.605. The zero-order valence-electron chi connectivity index (χ0n) is 11.9. The molecule has 0 bridgehead atoms. The van der Waals surface area contributed by atoms with E-state index >= 15 is 0 Å². The van der Waals surface area contributed by atoms with Gasteiger partial charge in [-0.1, -0.05) is 6.92 Å². The summed E-state index contributed by atoms with van der Waals surface area (Å²) < 4.78 is 0.967. The lowest BCUT2D eigenvalue weighted by Crippen LogP contribution is -2.32. The summed E-state index contributed by atoms with van der Waals surface area (Å²) >= 11 is 3.56. The molecule has 0 saturated carbocycles. The van der Waals surface area contributed by atoms with Crippen LogP contribution >= 0.6 is 15.9 Å². The minimum Gasteiger partial charge on any atom is -0.354 e. The summed E-state index contributed by atoms with van der Waals surface area (Å²) in [6.45, 7) is 5.11. The van der Waals surface area contributed by atoms with E-state index in [0.717, 1.165) is 36.3 Å². The highest BCUT2D eigenvalue weighted by Gasteiger charge is 2.26. The van der Waals surface area contributed by atoms with Gasteiger partial charge in [-0.25, -0.2) is 4.98 Å². The number of rotatable bonds is 5. The van der Waals surface area contributed by atoms with Gasteiger partial charge in [-0.2, -0.15) is 4.98 Å². The van der Waals surface area contributed by atoms with Crippen LogP contribution < -0.4 is 10.2 Å². The molecule has 2 rings (SSSR count). The van der Waals surface area contributed by atoms with Crippen LogP contribution in [-0.2, 0) is 0 Å². The number of aromatic nitrogens is 2. The number of anilines is 2. The molecule has 106 valence electrons. The zero-order valence-corrected chi connectivity index (χ0v) is 13.4. The maximum absolute atomic E-state index is 4.62. The van der Waals surface area contributed by atoms with E-state index in [9.17, 15) is 0 Å². The SMILES string of the molecule is CCCNc1ncc(Br)c(N2CCC(N(C)C)C2)n1. The fraction of sp³-hybridized carbons (Fsp3) is 0.692. The Balaban J connectivity index is 2.11. The number of halogens is 1. The first-order chi connectivity index (χ1) is 9.11. The Labute approximate surface area is 123 Å². The molecule has 0 radical (unpaired) electrons. The molecule has 1 atom stereocenters. The number of hydrogen-bond acceptors (Lipinski definition) is 5. The van der Waals surface area contributed by atoms with E-state index in [4.69, 9.17) is 0 Å². The molecule has 1 aliphatic heterocycles. The third-order valence-electron chi connectivity index (χ3n) is 3.45. The quantitative estimate of drug-likeness (QED) is 0.898. The van der Waals surface area contributed by atoms with Crippen LogP contribution in [0.4, 0.5) is 11.8 Å². The number of nitrogens with one attached hydrogen (secondary N) is 1. The second kappa shape index (κ2) is 6.52.